The van der Waals surface area contributed by atoms with Crippen LogP contribution < -0.4 is 4.74 Å². The quantitative estimate of drug-likeness (QED) is 0.670. The van der Waals surface area contributed by atoms with E-state index in [1.54, 1.807) is 24.3 Å². The summed E-state index contributed by atoms with van der Waals surface area (Å²) < 4.78 is 19.0. The number of aromatic nitrogens is 1. The summed E-state index contributed by atoms with van der Waals surface area (Å²) in [5.41, 5.74) is 2.77. The van der Waals surface area contributed by atoms with E-state index in [9.17, 15) is 14.3 Å². The van der Waals surface area contributed by atoms with E-state index >= 15 is 0 Å². The van der Waals surface area contributed by atoms with Crippen molar-refractivity contribution >= 4 is 5.97 Å². The molecule has 1 aromatic heterocycles. The molecule has 0 spiro atoms. The molecule has 0 unspecified atom stereocenters. The van der Waals surface area contributed by atoms with Gasteiger partial charge in [0.05, 0.1) is 23.1 Å². The molecule has 0 aliphatic rings. The van der Waals surface area contributed by atoms with Crippen LogP contribution in [-0.2, 0) is 6.42 Å². The predicted molar refractivity (Wildman–Crippen MR) is 102 cm³/mol. The zero-order valence-electron chi connectivity index (χ0n) is 15.1. The highest BCUT2D eigenvalue weighted by Gasteiger charge is 2.16. The number of carboxylic acids is 1. The number of carboxylic acid groups (broad SMARTS) is 1. The van der Waals surface area contributed by atoms with Crippen LogP contribution in [0.3, 0.4) is 0 Å². The van der Waals surface area contributed by atoms with Crippen LogP contribution in [0.1, 0.15) is 35.5 Å². The minimum absolute atomic E-state index is 0.00290. The van der Waals surface area contributed by atoms with E-state index < -0.39 is 5.97 Å². The molecular weight excluding hydrogens is 345 g/mol. The minimum Gasteiger partial charge on any atom is -0.490 e. The third-order valence-electron chi connectivity index (χ3n) is 4.02. The molecule has 0 saturated heterocycles. The molecule has 0 aliphatic carbocycles. The van der Waals surface area contributed by atoms with Crippen LogP contribution in [0.25, 0.3) is 11.3 Å². The maximum absolute atomic E-state index is 13.1. The lowest BCUT2D eigenvalue weighted by Crippen LogP contribution is -2.08. The maximum atomic E-state index is 13.1. The van der Waals surface area contributed by atoms with Crippen molar-refractivity contribution in [3.8, 4) is 17.0 Å². The largest absolute Gasteiger partial charge is 0.490 e. The summed E-state index contributed by atoms with van der Waals surface area (Å²) in [7, 11) is 0. The lowest BCUT2D eigenvalue weighted by atomic mass is 10.0. The average molecular weight is 365 g/mol. The monoisotopic (exact) mass is 365 g/mol. The van der Waals surface area contributed by atoms with E-state index in [1.807, 2.05) is 38.1 Å². The summed E-state index contributed by atoms with van der Waals surface area (Å²) in [5, 5.41) is 9.50. The summed E-state index contributed by atoms with van der Waals surface area (Å²) in [4.78, 5) is 16.2. The highest BCUT2D eigenvalue weighted by atomic mass is 19.1. The van der Waals surface area contributed by atoms with Gasteiger partial charge in [-0.3, -0.25) is 4.98 Å². The molecule has 0 atom stereocenters. The van der Waals surface area contributed by atoms with Crippen LogP contribution in [0.4, 0.5) is 4.39 Å². The third-order valence-corrected chi connectivity index (χ3v) is 4.02. The SMILES string of the molecule is CC(C)Oc1ccccc1-c1ccc(C(=O)O)c(Cc2ccc(F)cc2)n1. The van der Waals surface area contributed by atoms with Gasteiger partial charge in [0.25, 0.3) is 0 Å². The Morgan fingerprint density at radius 2 is 1.78 bits per heavy atom. The lowest BCUT2D eigenvalue weighted by Gasteiger charge is -2.15. The number of ether oxygens (including phenoxy) is 1. The number of pyridine rings is 1. The minimum atomic E-state index is -1.04. The van der Waals surface area contributed by atoms with Gasteiger partial charge in [-0.15, -0.1) is 0 Å². The fourth-order valence-corrected chi connectivity index (χ4v) is 2.81. The normalized spacial score (nSPS) is 10.8. The van der Waals surface area contributed by atoms with Crippen LogP contribution in [0.15, 0.2) is 60.7 Å². The van der Waals surface area contributed by atoms with Crippen molar-refractivity contribution in [1.82, 2.24) is 4.98 Å². The number of benzene rings is 2. The first-order valence-corrected chi connectivity index (χ1v) is 8.67. The van der Waals surface area contributed by atoms with Crippen molar-refractivity contribution in [3.63, 3.8) is 0 Å². The second kappa shape index (κ2) is 7.99. The average Bonchev–Trinajstić information content (AvgIpc) is 2.63. The van der Waals surface area contributed by atoms with Crippen molar-refractivity contribution in [2.45, 2.75) is 26.4 Å². The van der Waals surface area contributed by atoms with Crippen LogP contribution in [0.2, 0.25) is 0 Å². The first-order valence-electron chi connectivity index (χ1n) is 8.67. The molecule has 27 heavy (non-hydrogen) atoms. The molecule has 2 aromatic carbocycles. The molecule has 4 nitrogen and oxygen atoms in total. The summed E-state index contributed by atoms with van der Waals surface area (Å²) in [6.45, 7) is 3.88. The van der Waals surface area contributed by atoms with Crippen LogP contribution in [-0.4, -0.2) is 22.2 Å². The molecule has 138 valence electrons. The predicted octanol–water partition coefficient (Wildman–Crippen LogP) is 4.96. The second-order valence-electron chi connectivity index (χ2n) is 6.46. The maximum Gasteiger partial charge on any atom is 0.337 e. The number of nitrogens with zero attached hydrogens (tertiary/aromatic N) is 1. The molecule has 3 rings (SSSR count). The standard InChI is InChI=1S/C22H20FNO3/c1-14(2)27-21-6-4-3-5-17(21)19-12-11-18(22(25)26)20(24-19)13-15-7-9-16(23)10-8-15/h3-12,14H,13H2,1-2H3,(H,25,26). The molecule has 0 radical (unpaired) electrons. The number of hydrogen-bond acceptors (Lipinski definition) is 3. The first kappa shape index (κ1) is 18.6. The van der Waals surface area contributed by atoms with Crippen molar-refractivity contribution in [2.24, 2.45) is 0 Å². The number of halogens is 1. The van der Waals surface area contributed by atoms with Gasteiger partial charge in [0, 0.05) is 12.0 Å². The van der Waals surface area contributed by atoms with Gasteiger partial charge in [0.15, 0.2) is 0 Å². The van der Waals surface area contributed by atoms with Crippen LogP contribution in [0, 0.1) is 5.82 Å². The Bertz CT molecular complexity index is 952. The third kappa shape index (κ3) is 4.50. The number of para-hydroxylation sites is 1. The van der Waals surface area contributed by atoms with Crippen molar-refractivity contribution in [2.75, 3.05) is 0 Å². The van der Waals surface area contributed by atoms with E-state index in [-0.39, 0.29) is 17.5 Å². The molecular formula is C22H20FNO3. The molecule has 0 aliphatic heterocycles. The van der Waals surface area contributed by atoms with Gasteiger partial charge in [-0.1, -0.05) is 24.3 Å². The number of hydrogen-bond donors (Lipinski definition) is 1. The van der Waals surface area contributed by atoms with Crippen molar-refractivity contribution < 1.29 is 19.0 Å². The summed E-state index contributed by atoms with van der Waals surface area (Å²) in [5.74, 6) is -0.688. The van der Waals surface area contributed by atoms with Gasteiger partial charge in [-0.25, -0.2) is 9.18 Å². The molecule has 0 fully saturated rings. The Morgan fingerprint density at radius 3 is 2.44 bits per heavy atom. The number of carbonyl (C=O) groups is 1. The van der Waals surface area contributed by atoms with Crippen molar-refractivity contribution in [1.29, 1.82) is 0 Å². The Morgan fingerprint density at radius 1 is 1.07 bits per heavy atom. The number of rotatable bonds is 6. The van der Waals surface area contributed by atoms with Gasteiger partial charge in [-0.05, 0) is 55.8 Å². The Kier molecular flexibility index (Phi) is 5.50. The second-order valence-corrected chi connectivity index (χ2v) is 6.46. The summed E-state index contributed by atoms with van der Waals surface area (Å²) in [6, 6.07) is 16.7. The van der Waals surface area contributed by atoms with Gasteiger partial charge in [-0.2, -0.15) is 0 Å². The first-order chi connectivity index (χ1) is 12.9. The topological polar surface area (TPSA) is 59.4 Å². The lowest BCUT2D eigenvalue weighted by molar-refractivity contribution is 0.0695. The summed E-state index contributed by atoms with van der Waals surface area (Å²) in [6.07, 6.45) is 0.297. The fraction of sp³-hybridized carbons (Fsp3) is 0.182. The van der Waals surface area contributed by atoms with Gasteiger partial charge >= 0.3 is 5.97 Å². The van der Waals surface area contributed by atoms with E-state index in [4.69, 9.17) is 4.74 Å². The van der Waals surface area contributed by atoms with E-state index in [1.165, 1.54) is 12.1 Å². The van der Waals surface area contributed by atoms with E-state index in [0.717, 1.165) is 11.1 Å². The molecule has 0 amide bonds. The Hall–Kier alpha value is -3.21. The highest BCUT2D eigenvalue weighted by Crippen LogP contribution is 2.30. The van der Waals surface area contributed by atoms with Crippen molar-refractivity contribution in [3.05, 3.63) is 83.3 Å². The fourth-order valence-electron chi connectivity index (χ4n) is 2.81. The van der Waals surface area contributed by atoms with Gasteiger partial charge < -0.3 is 9.84 Å². The van der Waals surface area contributed by atoms with Gasteiger partial charge in [0.2, 0.25) is 0 Å². The Labute approximate surface area is 157 Å². The number of aromatic carboxylic acids is 1. The van der Waals surface area contributed by atoms with Crippen LogP contribution in [0.5, 0.6) is 5.75 Å². The Balaban J connectivity index is 2.04. The molecule has 5 heteroatoms. The molecule has 0 saturated carbocycles. The smallest absolute Gasteiger partial charge is 0.337 e. The van der Waals surface area contributed by atoms with E-state index in [2.05, 4.69) is 4.98 Å². The zero-order valence-corrected chi connectivity index (χ0v) is 15.1. The van der Waals surface area contributed by atoms with Gasteiger partial charge in [0.1, 0.15) is 11.6 Å². The molecule has 1 N–H and O–H groups in total. The molecule has 0 bridgehead atoms. The highest BCUT2D eigenvalue weighted by molar-refractivity contribution is 5.89. The zero-order chi connectivity index (χ0) is 19.4. The summed E-state index contributed by atoms with van der Waals surface area (Å²) >= 11 is 0. The van der Waals surface area contributed by atoms with E-state index in [0.29, 0.717) is 23.6 Å². The van der Waals surface area contributed by atoms with Crippen LogP contribution >= 0.6 is 0 Å². The molecule has 1 heterocycles. The molecule has 3 aromatic rings.